The predicted molar refractivity (Wildman–Crippen MR) is 86.1 cm³/mol. The van der Waals surface area contributed by atoms with E-state index in [2.05, 4.69) is 15.9 Å². The number of esters is 1. The Bertz CT molecular complexity index is 557. The van der Waals surface area contributed by atoms with Crippen LogP contribution in [0.1, 0.15) is 54.9 Å². The van der Waals surface area contributed by atoms with Gasteiger partial charge < -0.3 is 4.74 Å². The van der Waals surface area contributed by atoms with E-state index >= 15 is 0 Å². The minimum absolute atomic E-state index is 0.0252. The first-order chi connectivity index (χ1) is 10.1. The van der Waals surface area contributed by atoms with Gasteiger partial charge in [0, 0.05) is 16.1 Å². The minimum Gasteiger partial charge on any atom is -0.459 e. The number of carbonyl (C=O) groups is 2. The fraction of sp³-hybridized carbons (Fsp3) is 0.412. The molecule has 1 aliphatic rings. The number of ether oxygens (including phenoxy) is 1. The molecule has 0 heterocycles. The van der Waals surface area contributed by atoms with E-state index in [-0.39, 0.29) is 17.9 Å². The molecule has 21 heavy (non-hydrogen) atoms. The fourth-order valence-corrected chi connectivity index (χ4v) is 2.92. The quantitative estimate of drug-likeness (QED) is 0.454. The second-order valence-electron chi connectivity index (χ2n) is 5.32. The van der Waals surface area contributed by atoms with Gasteiger partial charge in [-0.15, -0.1) is 0 Å². The number of halogens is 1. The van der Waals surface area contributed by atoms with E-state index in [1.165, 1.54) is 19.4 Å². The highest BCUT2D eigenvalue weighted by atomic mass is 79.9. The van der Waals surface area contributed by atoms with Crippen LogP contribution in [-0.4, -0.2) is 17.9 Å². The molecule has 0 aliphatic heterocycles. The summed E-state index contributed by atoms with van der Waals surface area (Å²) in [4.78, 5) is 23.4. The zero-order valence-corrected chi connectivity index (χ0v) is 13.7. The Morgan fingerprint density at radius 1 is 1.24 bits per heavy atom. The zero-order valence-electron chi connectivity index (χ0n) is 12.1. The zero-order chi connectivity index (χ0) is 15.2. The molecule has 0 saturated heterocycles. The van der Waals surface area contributed by atoms with Crippen molar-refractivity contribution in [1.82, 2.24) is 0 Å². The maximum atomic E-state index is 11.8. The van der Waals surface area contributed by atoms with Gasteiger partial charge >= 0.3 is 5.97 Å². The third-order valence-corrected chi connectivity index (χ3v) is 4.12. The summed E-state index contributed by atoms with van der Waals surface area (Å²) in [7, 11) is 0. The Labute approximate surface area is 133 Å². The second-order valence-corrected chi connectivity index (χ2v) is 6.23. The van der Waals surface area contributed by atoms with Crippen LogP contribution in [0.4, 0.5) is 0 Å². The molecule has 1 saturated carbocycles. The van der Waals surface area contributed by atoms with Gasteiger partial charge in [-0.3, -0.25) is 4.79 Å². The van der Waals surface area contributed by atoms with Gasteiger partial charge in [-0.25, -0.2) is 4.79 Å². The van der Waals surface area contributed by atoms with Crippen molar-refractivity contribution in [1.29, 1.82) is 0 Å². The van der Waals surface area contributed by atoms with Crippen LogP contribution >= 0.6 is 15.9 Å². The van der Waals surface area contributed by atoms with Gasteiger partial charge in [0.15, 0.2) is 5.78 Å². The molecular weight excluding hydrogens is 332 g/mol. The Morgan fingerprint density at radius 2 is 1.95 bits per heavy atom. The third kappa shape index (κ3) is 4.81. The highest BCUT2D eigenvalue weighted by molar-refractivity contribution is 9.10. The summed E-state index contributed by atoms with van der Waals surface area (Å²) in [5.74, 6) is -0.362. The Balaban J connectivity index is 2.04. The maximum Gasteiger partial charge on any atom is 0.331 e. The summed E-state index contributed by atoms with van der Waals surface area (Å²) < 4.78 is 6.29. The lowest BCUT2D eigenvalue weighted by molar-refractivity contribution is -0.144. The number of rotatable bonds is 4. The SMILES string of the molecule is CC(=O)c1ccc(Br)cc1/C=C/C(=O)OC1CCCCC1. The number of hydrogen-bond acceptors (Lipinski definition) is 3. The van der Waals surface area contributed by atoms with Crippen LogP contribution in [0, 0.1) is 0 Å². The summed E-state index contributed by atoms with van der Waals surface area (Å²) in [5.41, 5.74) is 1.32. The van der Waals surface area contributed by atoms with Crippen LogP contribution in [0.3, 0.4) is 0 Å². The average Bonchev–Trinajstić information content (AvgIpc) is 2.46. The van der Waals surface area contributed by atoms with Crippen molar-refractivity contribution in [3.63, 3.8) is 0 Å². The van der Waals surface area contributed by atoms with Crippen molar-refractivity contribution in [3.05, 3.63) is 39.9 Å². The van der Waals surface area contributed by atoms with Crippen LogP contribution in [0.5, 0.6) is 0 Å². The van der Waals surface area contributed by atoms with E-state index in [0.29, 0.717) is 5.56 Å². The third-order valence-electron chi connectivity index (χ3n) is 3.63. The van der Waals surface area contributed by atoms with Crippen molar-refractivity contribution in [2.45, 2.75) is 45.1 Å². The first-order valence-electron chi connectivity index (χ1n) is 7.25. The normalized spacial score (nSPS) is 16.1. The second kappa shape index (κ2) is 7.55. The van der Waals surface area contributed by atoms with Crippen LogP contribution in [0.2, 0.25) is 0 Å². The standard InChI is InChI=1S/C17H19BrO3/c1-12(19)16-9-8-14(18)11-13(16)7-10-17(20)21-15-5-3-2-4-6-15/h7-11,15H,2-6H2,1H3/b10-7+. The number of Topliss-reactive ketones (excluding diaryl/α,β-unsaturated/α-hetero) is 1. The molecule has 2 rings (SSSR count). The molecule has 4 heteroatoms. The first-order valence-corrected chi connectivity index (χ1v) is 8.05. The highest BCUT2D eigenvalue weighted by Crippen LogP contribution is 2.21. The molecule has 0 atom stereocenters. The molecular formula is C17H19BrO3. The molecule has 112 valence electrons. The molecule has 3 nitrogen and oxygen atoms in total. The number of benzene rings is 1. The summed E-state index contributed by atoms with van der Waals surface area (Å²) in [6.07, 6.45) is 8.48. The number of carbonyl (C=O) groups excluding carboxylic acids is 2. The number of ketones is 1. The van der Waals surface area contributed by atoms with Gasteiger partial charge in [-0.2, -0.15) is 0 Å². The van der Waals surface area contributed by atoms with Crippen LogP contribution in [-0.2, 0) is 9.53 Å². The van der Waals surface area contributed by atoms with Crippen molar-refractivity contribution in [2.24, 2.45) is 0 Å². The summed E-state index contributed by atoms with van der Waals surface area (Å²) >= 11 is 3.37. The van der Waals surface area contributed by atoms with Crippen molar-refractivity contribution >= 4 is 33.8 Å². The lowest BCUT2D eigenvalue weighted by Crippen LogP contribution is -2.19. The van der Waals surface area contributed by atoms with Crippen molar-refractivity contribution < 1.29 is 14.3 Å². The van der Waals surface area contributed by atoms with Gasteiger partial charge in [-0.1, -0.05) is 22.4 Å². The lowest BCUT2D eigenvalue weighted by Gasteiger charge is -2.20. The van der Waals surface area contributed by atoms with Crippen LogP contribution in [0.15, 0.2) is 28.7 Å². The van der Waals surface area contributed by atoms with E-state index in [1.54, 1.807) is 12.1 Å². The van der Waals surface area contributed by atoms with Crippen LogP contribution in [0.25, 0.3) is 6.08 Å². The summed E-state index contributed by atoms with van der Waals surface area (Å²) in [6, 6.07) is 5.38. The van der Waals surface area contributed by atoms with E-state index < -0.39 is 0 Å². The molecule has 1 fully saturated rings. The first kappa shape index (κ1) is 16.0. The van der Waals surface area contributed by atoms with Gasteiger partial charge in [0.05, 0.1) is 0 Å². The Kier molecular flexibility index (Phi) is 5.74. The smallest absolute Gasteiger partial charge is 0.331 e. The molecule has 1 aromatic carbocycles. The molecule has 0 radical (unpaired) electrons. The van der Waals surface area contributed by atoms with Crippen molar-refractivity contribution in [3.8, 4) is 0 Å². The molecule has 0 unspecified atom stereocenters. The van der Waals surface area contributed by atoms with Crippen molar-refractivity contribution in [2.75, 3.05) is 0 Å². The average molecular weight is 351 g/mol. The molecule has 0 aromatic heterocycles. The molecule has 0 N–H and O–H groups in total. The van der Waals surface area contributed by atoms with E-state index in [1.807, 2.05) is 12.1 Å². The highest BCUT2D eigenvalue weighted by Gasteiger charge is 2.16. The largest absolute Gasteiger partial charge is 0.459 e. The van der Waals surface area contributed by atoms with Gasteiger partial charge in [-0.05, 0) is 62.4 Å². The van der Waals surface area contributed by atoms with Gasteiger partial charge in [0.1, 0.15) is 6.10 Å². The molecule has 0 spiro atoms. The monoisotopic (exact) mass is 350 g/mol. The van der Waals surface area contributed by atoms with Crippen LogP contribution < -0.4 is 0 Å². The topological polar surface area (TPSA) is 43.4 Å². The van der Waals surface area contributed by atoms with E-state index in [4.69, 9.17) is 4.74 Å². The predicted octanol–water partition coefficient (Wildman–Crippen LogP) is 4.54. The Hall–Kier alpha value is -1.42. The fourth-order valence-electron chi connectivity index (χ4n) is 2.54. The molecule has 1 aromatic rings. The molecule has 0 bridgehead atoms. The summed E-state index contributed by atoms with van der Waals surface area (Å²) in [5, 5.41) is 0. The molecule has 0 amide bonds. The number of hydrogen-bond donors (Lipinski definition) is 0. The lowest BCUT2D eigenvalue weighted by atomic mass is 9.98. The Morgan fingerprint density at radius 3 is 2.62 bits per heavy atom. The van der Waals surface area contributed by atoms with E-state index in [0.717, 1.165) is 35.7 Å². The summed E-state index contributed by atoms with van der Waals surface area (Å²) in [6.45, 7) is 1.51. The van der Waals surface area contributed by atoms with Gasteiger partial charge in [0.25, 0.3) is 0 Å². The maximum absolute atomic E-state index is 11.8. The minimum atomic E-state index is -0.337. The van der Waals surface area contributed by atoms with Gasteiger partial charge in [0.2, 0.25) is 0 Å². The molecule has 1 aliphatic carbocycles. The van der Waals surface area contributed by atoms with E-state index in [9.17, 15) is 9.59 Å².